The zero-order valence-corrected chi connectivity index (χ0v) is 8.33. The van der Waals surface area contributed by atoms with E-state index in [2.05, 4.69) is 10.2 Å². The average Bonchev–Trinajstić information content (AvgIpc) is 2.74. The van der Waals surface area contributed by atoms with Gasteiger partial charge in [0.15, 0.2) is 0 Å². The van der Waals surface area contributed by atoms with Gasteiger partial charge in [-0.2, -0.15) is 0 Å². The van der Waals surface area contributed by atoms with Crippen molar-refractivity contribution >= 4 is 0 Å². The van der Waals surface area contributed by atoms with Crippen LogP contribution < -0.4 is 5.73 Å². The Morgan fingerprint density at radius 3 is 2.67 bits per heavy atom. The Balaban J connectivity index is 2.41. The van der Waals surface area contributed by atoms with Crippen LogP contribution in [-0.2, 0) is 0 Å². The molecular formula is C10H12N4O. The van der Waals surface area contributed by atoms with Crippen LogP contribution in [0.15, 0.2) is 30.9 Å². The van der Waals surface area contributed by atoms with E-state index < -0.39 is 6.17 Å². The van der Waals surface area contributed by atoms with Gasteiger partial charge >= 0.3 is 0 Å². The zero-order chi connectivity index (χ0) is 10.8. The number of rotatable bonds is 2. The second-order valence-electron chi connectivity index (χ2n) is 3.42. The monoisotopic (exact) mass is 204 g/mol. The van der Waals surface area contributed by atoms with E-state index in [9.17, 15) is 5.11 Å². The molecule has 0 radical (unpaired) electrons. The molecular weight excluding hydrogens is 192 g/mol. The summed E-state index contributed by atoms with van der Waals surface area (Å²) in [6.45, 7) is 1.95. The number of hydrogen-bond donors (Lipinski definition) is 2. The molecule has 0 saturated heterocycles. The fourth-order valence-corrected chi connectivity index (χ4v) is 1.42. The summed E-state index contributed by atoms with van der Waals surface area (Å²) in [5, 5.41) is 17.0. The van der Waals surface area contributed by atoms with Gasteiger partial charge < -0.3 is 10.8 Å². The molecule has 0 spiro atoms. The summed E-state index contributed by atoms with van der Waals surface area (Å²) in [6.07, 6.45) is 2.58. The first-order valence-corrected chi connectivity index (χ1v) is 4.57. The number of hydrogen-bond acceptors (Lipinski definition) is 4. The molecule has 0 fully saturated rings. The summed E-state index contributed by atoms with van der Waals surface area (Å²) in [7, 11) is 0. The minimum atomic E-state index is -0.458. The normalized spacial score (nSPS) is 12.7. The van der Waals surface area contributed by atoms with Crippen LogP contribution >= 0.6 is 0 Å². The molecule has 1 aromatic carbocycles. The Labute approximate surface area is 87.2 Å². The smallest absolute Gasteiger partial charge is 0.122 e. The highest BCUT2D eigenvalue weighted by molar-refractivity contribution is 5.37. The summed E-state index contributed by atoms with van der Waals surface area (Å²) in [4.78, 5) is 0. The Morgan fingerprint density at radius 2 is 2.00 bits per heavy atom. The van der Waals surface area contributed by atoms with E-state index in [-0.39, 0.29) is 5.75 Å². The maximum absolute atomic E-state index is 9.67. The van der Waals surface area contributed by atoms with E-state index in [4.69, 9.17) is 5.73 Å². The van der Waals surface area contributed by atoms with Crippen molar-refractivity contribution in [1.29, 1.82) is 0 Å². The van der Waals surface area contributed by atoms with E-state index in [1.54, 1.807) is 10.6 Å². The molecule has 0 saturated carbocycles. The lowest BCUT2D eigenvalue weighted by Gasteiger charge is -2.14. The standard InChI is InChI=1S/C10H12N4O/c1-7-2-3-9(15)8(4-7)10(11)14-5-12-13-6-14/h2-6,10,15H,11H2,1H3. The molecule has 0 aliphatic heterocycles. The maximum atomic E-state index is 9.67. The Bertz CT molecular complexity index is 452. The summed E-state index contributed by atoms with van der Waals surface area (Å²) < 4.78 is 1.63. The van der Waals surface area contributed by atoms with Gasteiger partial charge in [0.2, 0.25) is 0 Å². The molecule has 1 aromatic heterocycles. The number of aromatic hydroxyl groups is 1. The topological polar surface area (TPSA) is 77.0 Å². The lowest BCUT2D eigenvalue weighted by atomic mass is 10.1. The Morgan fingerprint density at radius 1 is 1.33 bits per heavy atom. The number of nitrogens with two attached hydrogens (primary N) is 1. The SMILES string of the molecule is Cc1ccc(O)c(C(N)n2cnnc2)c1. The van der Waals surface area contributed by atoms with Crippen molar-refractivity contribution in [3.05, 3.63) is 42.0 Å². The van der Waals surface area contributed by atoms with Crippen LogP contribution in [0.4, 0.5) is 0 Å². The van der Waals surface area contributed by atoms with Crippen molar-refractivity contribution in [1.82, 2.24) is 14.8 Å². The first-order chi connectivity index (χ1) is 7.18. The van der Waals surface area contributed by atoms with Crippen molar-refractivity contribution in [3.8, 4) is 5.75 Å². The first kappa shape index (κ1) is 9.67. The van der Waals surface area contributed by atoms with Gasteiger partial charge in [-0.15, -0.1) is 10.2 Å². The quantitative estimate of drug-likeness (QED) is 0.758. The van der Waals surface area contributed by atoms with Gasteiger partial charge in [-0.05, 0) is 19.1 Å². The fourth-order valence-electron chi connectivity index (χ4n) is 1.42. The second-order valence-corrected chi connectivity index (χ2v) is 3.42. The van der Waals surface area contributed by atoms with Gasteiger partial charge in [-0.1, -0.05) is 11.6 Å². The van der Waals surface area contributed by atoms with Crippen molar-refractivity contribution in [2.45, 2.75) is 13.1 Å². The fraction of sp³-hybridized carbons (Fsp3) is 0.200. The predicted octanol–water partition coefficient (Wildman–Crippen LogP) is 0.798. The summed E-state index contributed by atoms with van der Waals surface area (Å²) in [5.41, 5.74) is 7.66. The van der Waals surface area contributed by atoms with Crippen LogP contribution in [-0.4, -0.2) is 19.9 Å². The molecule has 0 aliphatic rings. The predicted molar refractivity (Wildman–Crippen MR) is 55.2 cm³/mol. The second kappa shape index (κ2) is 3.70. The van der Waals surface area contributed by atoms with Gasteiger partial charge in [0.05, 0.1) is 0 Å². The number of benzene rings is 1. The third kappa shape index (κ3) is 1.82. The average molecular weight is 204 g/mol. The molecule has 0 amide bonds. The maximum Gasteiger partial charge on any atom is 0.122 e. The third-order valence-corrected chi connectivity index (χ3v) is 2.26. The third-order valence-electron chi connectivity index (χ3n) is 2.26. The van der Waals surface area contributed by atoms with Gasteiger partial charge in [0.25, 0.3) is 0 Å². The van der Waals surface area contributed by atoms with Crippen LogP contribution in [0.25, 0.3) is 0 Å². The van der Waals surface area contributed by atoms with Crippen LogP contribution in [0.1, 0.15) is 17.3 Å². The number of phenolic OH excluding ortho intramolecular Hbond substituents is 1. The van der Waals surface area contributed by atoms with Crippen LogP contribution in [0, 0.1) is 6.92 Å². The van der Waals surface area contributed by atoms with Crippen molar-refractivity contribution < 1.29 is 5.11 Å². The highest BCUT2D eigenvalue weighted by atomic mass is 16.3. The van der Waals surface area contributed by atoms with Gasteiger partial charge in [0, 0.05) is 5.56 Å². The molecule has 2 rings (SSSR count). The number of phenols is 1. The highest BCUT2D eigenvalue weighted by Crippen LogP contribution is 2.24. The molecule has 5 heteroatoms. The van der Waals surface area contributed by atoms with E-state index in [0.717, 1.165) is 5.56 Å². The molecule has 15 heavy (non-hydrogen) atoms. The minimum Gasteiger partial charge on any atom is -0.508 e. The summed E-state index contributed by atoms with van der Waals surface area (Å²) in [5.74, 6) is 0.182. The summed E-state index contributed by atoms with van der Waals surface area (Å²) in [6, 6.07) is 5.31. The Kier molecular flexibility index (Phi) is 2.39. The molecule has 1 atom stereocenters. The number of aryl methyl sites for hydroxylation is 1. The van der Waals surface area contributed by atoms with Crippen LogP contribution in [0.3, 0.4) is 0 Å². The number of nitrogens with zero attached hydrogens (tertiary/aromatic N) is 3. The van der Waals surface area contributed by atoms with Gasteiger partial charge in [-0.25, -0.2) is 0 Å². The Hall–Kier alpha value is -1.88. The van der Waals surface area contributed by atoms with E-state index in [1.165, 1.54) is 12.7 Å². The van der Waals surface area contributed by atoms with Crippen molar-refractivity contribution in [3.63, 3.8) is 0 Å². The van der Waals surface area contributed by atoms with E-state index >= 15 is 0 Å². The molecule has 2 aromatic rings. The lowest BCUT2D eigenvalue weighted by Crippen LogP contribution is -2.18. The van der Waals surface area contributed by atoms with Crippen molar-refractivity contribution in [2.24, 2.45) is 5.73 Å². The molecule has 0 aliphatic carbocycles. The number of aromatic nitrogens is 3. The molecule has 1 unspecified atom stereocenters. The molecule has 0 bridgehead atoms. The highest BCUT2D eigenvalue weighted by Gasteiger charge is 2.12. The molecule has 3 N–H and O–H groups in total. The molecule has 78 valence electrons. The minimum absolute atomic E-state index is 0.182. The van der Waals surface area contributed by atoms with Crippen LogP contribution in [0.2, 0.25) is 0 Å². The summed E-state index contributed by atoms with van der Waals surface area (Å²) >= 11 is 0. The van der Waals surface area contributed by atoms with Gasteiger partial charge in [0.1, 0.15) is 24.6 Å². The van der Waals surface area contributed by atoms with E-state index in [1.807, 2.05) is 19.1 Å². The zero-order valence-electron chi connectivity index (χ0n) is 8.33. The lowest BCUT2D eigenvalue weighted by molar-refractivity contribution is 0.454. The molecule has 1 heterocycles. The van der Waals surface area contributed by atoms with E-state index in [0.29, 0.717) is 5.56 Å². The largest absolute Gasteiger partial charge is 0.508 e. The molecule has 5 nitrogen and oxygen atoms in total. The first-order valence-electron chi connectivity index (χ1n) is 4.57. The van der Waals surface area contributed by atoms with Gasteiger partial charge in [-0.3, -0.25) is 4.57 Å². The van der Waals surface area contributed by atoms with Crippen molar-refractivity contribution in [2.75, 3.05) is 0 Å². The van der Waals surface area contributed by atoms with Crippen LogP contribution in [0.5, 0.6) is 5.75 Å².